The monoisotopic (exact) mass is 214 g/mol. The molecule has 1 heterocycles. The number of carbonyl (C=O) groups excluding carboxylic acids is 1. The Morgan fingerprint density at radius 2 is 2.29 bits per heavy atom. The molecule has 0 aliphatic rings. The van der Waals surface area contributed by atoms with E-state index < -0.39 is 0 Å². The van der Waals surface area contributed by atoms with Gasteiger partial charge in [-0.15, -0.1) is 10.2 Å². The van der Waals surface area contributed by atoms with Crippen LogP contribution in [0.5, 0.6) is 0 Å². The summed E-state index contributed by atoms with van der Waals surface area (Å²) in [5, 5.41) is 9.04. The van der Waals surface area contributed by atoms with E-state index in [1.807, 2.05) is 6.26 Å². The summed E-state index contributed by atoms with van der Waals surface area (Å²) in [7, 11) is 2.89. The summed E-state index contributed by atoms with van der Waals surface area (Å²) in [4.78, 5) is 20.1. The Morgan fingerprint density at radius 3 is 2.71 bits per heavy atom. The smallest absolute Gasteiger partial charge is 0.274 e. The molecular formula is C7H10N4O2S. The van der Waals surface area contributed by atoms with Crippen LogP contribution in [0.4, 0.5) is 0 Å². The van der Waals surface area contributed by atoms with E-state index in [0.29, 0.717) is 5.16 Å². The maximum absolute atomic E-state index is 11.4. The van der Waals surface area contributed by atoms with E-state index >= 15 is 0 Å². The first-order valence-corrected chi connectivity index (χ1v) is 4.97. The number of hydrogen-bond acceptors (Lipinski definition) is 6. The van der Waals surface area contributed by atoms with E-state index in [1.165, 1.54) is 32.1 Å². The van der Waals surface area contributed by atoms with Gasteiger partial charge < -0.3 is 0 Å². The molecule has 76 valence electrons. The third-order valence-electron chi connectivity index (χ3n) is 1.50. The fraction of sp³-hybridized carbons (Fsp3) is 0.429. The molecule has 7 heteroatoms. The van der Waals surface area contributed by atoms with E-state index in [1.54, 1.807) is 0 Å². The van der Waals surface area contributed by atoms with Crippen LogP contribution in [0.1, 0.15) is 10.5 Å². The second kappa shape index (κ2) is 4.87. The highest BCUT2D eigenvalue weighted by molar-refractivity contribution is 7.98. The fourth-order valence-corrected chi connectivity index (χ4v) is 0.981. The highest BCUT2D eigenvalue weighted by atomic mass is 32.2. The lowest BCUT2D eigenvalue weighted by Crippen LogP contribution is -2.26. The Hall–Kier alpha value is -1.21. The molecule has 0 aromatic carbocycles. The van der Waals surface area contributed by atoms with Gasteiger partial charge in [0.05, 0.1) is 13.3 Å². The van der Waals surface area contributed by atoms with Crippen LogP contribution >= 0.6 is 11.8 Å². The molecule has 1 rings (SSSR count). The van der Waals surface area contributed by atoms with Gasteiger partial charge in [0, 0.05) is 7.05 Å². The van der Waals surface area contributed by atoms with Crippen molar-refractivity contribution in [2.75, 3.05) is 20.4 Å². The van der Waals surface area contributed by atoms with Gasteiger partial charge in [-0.2, -0.15) is 0 Å². The minimum Gasteiger partial charge on any atom is -0.274 e. The predicted octanol–water partition coefficient (Wildman–Crippen LogP) is 0.227. The van der Waals surface area contributed by atoms with Crippen LogP contribution in [0.3, 0.4) is 0 Å². The van der Waals surface area contributed by atoms with Gasteiger partial charge in [0.15, 0.2) is 5.69 Å². The number of hydrogen-bond donors (Lipinski definition) is 0. The van der Waals surface area contributed by atoms with Crippen molar-refractivity contribution >= 4 is 17.7 Å². The molecule has 0 aliphatic carbocycles. The molecule has 0 atom stereocenters. The van der Waals surface area contributed by atoms with Crippen molar-refractivity contribution in [3.63, 3.8) is 0 Å². The zero-order valence-electron chi connectivity index (χ0n) is 8.09. The van der Waals surface area contributed by atoms with Crippen LogP contribution in [0, 0.1) is 0 Å². The maximum Gasteiger partial charge on any atom is 0.299 e. The molecule has 0 bridgehead atoms. The zero-order chi connectivity index (χ0) is 10.6. The van der Waals surface area contributed by atoms with Gasteiger partial charge in [0.2, 0.25) is 5.16 Å². The summed E-state index contributed by atoms with van der Waals surface area (Å²) in [5.41, 5.74) is 0.159. The normalized spacial score (nSPS) is 9.93. The van der Waals surface area contributed by atoms with Crippen molar-refractivity contribution in [1.29, 1.82) is 0 Å². The number of thioether (sulfide) groups is 1. The number of rotatable bonds is 3. The third-order valence-corrected chi connectivity index (χ3v) is 2.05. The lowest BCUT2D eigenvalue weighted by molar-refractivity contribution is -0.0761. The van der Waals surface area contributed by atoms with Gasteiger partial charge in [-0.3, -0.25) is 9.63 Å². The zero-order valence-corrected chi connectivity index (χ0v) is 8.91. The molecule has 1 aromatic rings. The van der Waals surface area contributed by atoms with Crippen molar-refractivity contribution in [3.05, 3.63) is 11.9 Å². The van der Waals surface area contributed by atoms with Crippen LogP contribution in [-0.4, -0.2) is 46.6 Å². The standard InChI is InChI=1S/C7H10N4O2S/c1-11(13-2)6(12)5-4-8-7(14-3)10-9-5/h4H,1-3H3. The molecule has 0 unspecified atom stereocenters. The first-order valence-electron chi connectivity index (χ1n) is 3.75. The fourth-order valence-electron chi connectivity index (χ4n) is 0.700. The molecule has 6 nitrogen and oxygen atoms in total. The molecule has 0 fully saturated rings. The molecule has 1 amide bonds. The number of nitrogens with zero attached hydrogens (tertiary/aromatic N) is 4. The van der Waals surface area contributed by atoms with Gasteiger partial charge in [-0.1, -0.05) is 11.8 Å². The highest BCUT2D eigenvalue weighted by Gasteiger charge is 2.13. The van der Waals surface area contributed by atoms with Crippen molar-refractivity contribution in [1.82, 2.24) is 20.2 Å². The third kappa shape index (κ3) is 2.39. The lowest BCUT2D eigenvalue weighted by atomic mass is 10.4. The molecule has 0 radical (unpaired) electrons. The van der Waals surface area contributed by atoms with E-state index in [0.717, 1.165) is 5.06 Å². The van der Waals surface area contributed by atoms with Crippen molar-refractivity contribution < 1.29 is 9.63 Å². The Kier molecular flexibility index (Phi) is 3.78. The van der Waals surface area contributed by atoms with Crippen LogP contribution in [0.25, 0.3) is 0 Å². The molecule has 0 N–H and O–H groups in total. The van der Waals surface area contributed by atoms with Crippen LogP contribution in [0.15, 0.2) is 11.4 Å². The van der Waals surface area contributed by atoms with Crippen LogP contribution in [-0.2, 0) is 4.84 Å². The van der Waals surface area contributed by atoms with Gasteiger partial charge in [0.1, 0.15) is 0 Å². The first-order chi connectivity index (χ1) is 6.69. The molecule has 0 saturated carbocycles. The Bertz CT molecular complexity index is 316. The Morgan fingerprint density at radius 1 is 1.57 bits per heavy atom. The molecular weight excluding hydrogens is 204 g/mol. The Balaban J connectivity index is 2.81. The van der Waals surface area contributed by atoms with E-state index in [9.17, 15) is 4.79 Å². The van der Waals surface area contributed by atoms with Crippen LogP contribution < -0.4 is 0 Å². The molecule has 0 saturated heterocycles. The average molecular weight is 214 g/mol. The van der Waals surface area contributed by atoms with Crippen LogP contribution in [0.2, 0.25) is 0 Å². The van der Waals surface area contributed by atoms with E-state index in [-0.39, 0.29) is 11.6 Å². The summed E-state index contributed by atoms with van der Waals surface area (Å²) in [6, 6.07) is 0. The minimum atomic E-state index is -0.375. The predicted molar refractivity (Wildman–Crippen MR) is 50.7 cm³/mol. The number of aromatic nitrogens is 3. The summed E-state index contributed by atoms with van der Waals surface area (Å²) < 4.78 is 0. The van der Waals surface area contributed by atoms with Crippen molar-refractivity contribution in [2.45, 2.75) is 5.16 Å². The average Bonchev–Trinajstić information content (AvgIpc) is 2.27. The molecule has 0 aliphatic heterocycles. The molecule has 1 aromatic heterocycles. The van der Waals surface area contributed by atoms with Gasteiger partial charge in [-0.05, 0) is 6.26 Å². The number of amides is 1. The van der Waals surface area contributed by atoms with Gasteiger partial charge in [0.25, 0.3) is 5.91 Å². The SMILES string of the molecule is CON(C)C(=O)c1cnc(SC)nn1. The van der Waals surface area contributed by atoms with Gasteiger partial charge in [-0.25, -0.2) is 10.0 Å². The quantitative estimate of drug-likeness (QED) is 0.530. The lowest BCUT2D eigenvalue weighted by Gasteiger charge is -2.11. The first kappa shape index (κ1) is 10.9. The van der Waals surface area contributed by atoms with E-state index in [2.05, 4.69) is 15.2 Å². The highest BCUT2D eigenvalue weighted by Crippen LogP contribution is 2.05. The topological polar surface area (TPSA) is 68.2 Å². The maximum atomic E-state index is 11.4. The summed E-state index contributed by atoms with van der Waals surface area (Å²) in [6.45, 7) is 0. The summed E-state index contributed by atoms with van der Waals surface area (Å²) >= 11 is 1.36. The second-order valence-corrected chi connectivity index (χ2v) is 3.09. The molecule has 0 spiro atoms. The largest absolute Gasteiger partial charge is 0.299 e. The van der Waals surface area contributed by atoms with Crippen molar-refractivity contribution in [2.24, 2.45) is 0 Å². The Labute approximate surface area is 85.6 Å². The van der Waals surface area contributed by atoms with Gasteiger partial charge >= 0.3 is 0 Å². The van der Waals surface area contributed by atoms with E-state index in [4.69, 9.17) is 4.84 Å². The minimum absolute atomic E-state index is 0.159. The summed E-state index contributed by atoms with van der Waals surface area (Å²) in [6.07, 6.45) is 3.20. The van der Waals surface area contributed by atoms with Crippen molar-refractivity contribution in [3.8, 4) is 0 Å². The number of hydroxylamine groups is 2. The molecule has 14 heavy (non-hydrogen) atoms. The second-order valence-electron chi connectivity index (χ2n) is 2.32. The number of carbonyl (C=O) groups is 1. The summed E-state index contributed by atoms with van der Waals surface area (Å²) in [5.74, 6) is -0.375.